The molecule has 2 aromatic heterocycles. The van der Waals surface area contributed by atoms with Crippen LogP contribution in [0.25, 0.3) is 11.6 Å². The van der Waals surface area contributed by atoms with Gasteiger partial charge < -0.3 is 23.6 Å². The summed E-state index contributed by atoms with van der Waals surface area (Å²) in [5, 5.41) is 4.13. The molecule has 14 heteroatoms. The van der Waals surface area contributed by atoms with Gasteiger partial charge in [-0.2, -0.15) is 15.0 Å². The average Bonchev–Trinajstić information content (AvgIpc) is 3.64. The fourth-order valence-corrected chi connectivity index (χ4v) is 6.82. The van der Waals surface area contributed by atoms with Crippen LogP contribution in [0.15, 0.2) is 41.4 Å². The van der Waals surface area contributed by atoms with Gasteiger partial charge in [0.2, 0.25) is 29.3 Å². The van der Waals surface area contributed by atoms with Gasteiger partial charge in [-0.15, -0.1) is 0 Å². The number of alkyl halides is 2. The molecule has 1 aromatic carbocycles. The molecule has 0 saturated carbocycles. The highest BCUT2D eigenvalue weighted by Gasteiger charge is 2.46. The predicted octanol–water partition coefficient (Wildman–Crippen LogP) is 7.13. The maximum absolute atomic E-state index is 15.0. The number of carbonyl (C=O) groups excluding carboxylic acids is 1. The fraction of sp³-hybridized carbons (Fsp3) is 0.553. The largest absolute Gasteiger partial charge is 0.474 e. The molecule has 0 N–H and O–H groups in total. The van der Waals surface area contributed by atoms with E-state index in [2.05, 4.69) is 38.5 Å². The van der Waals surface area contributed by atoms with E-state index in [1.54, 1.807) is 56.7 Å². The number of hydrogen-bond acceptors (Lipinski definition) is 10. The number of piperidine rings is 1. The number of nitrogens with zero attached hydrogens (tertiary/aromatic N) is 6. The van der Waals surface area contributed by atoms with E-state index in [1.807, 2.05) is 20.8 Å². The van der Waals surface area contributed by atoms with Crippen molar-refractivity contribution in [2.45, 2.75) is 115 Å². The van der Waals surface area contributed by atoms with Crippen LogP contribution in [0.2, 0.25) is 0 Å². The smallest absolute Gasteiger partial charge is 0.410 e. The molecule has 3 aromatic rings. The second-order valence-electron chi connectivity index (χ2n) is 15.0. The molecule has 0 spiro atoms. The maximum Gasteiger partial charge on any atom is 0.410 e. The zero-order valence-corrected chi connectivity index (χ0v) is 31.0. The van der Waals surface area contributed by atoms with E-state index in [4.69, 9.17) is 18.7 Å². The van der Waals surface area contributed by atoms with Gasteiger partial charge in [-0.05, 0) is 73.2 Å². The normalized spacial score (nSPS) is 21.2. The van der Waals surface area contributed by atoms with Crippen LogP contribution in [-0.2, 0) is 10.2 Å². The van der Waals surface area contributed by atoms with Crippen LogP contribution >= 0.6 is 0 Å². The molecule has 0 bridgehead atoms. The number of amides is 1. The average molecular weight is 725 g/mol. The fourth-order valence-electron chi connectivity index (χ4n) is 6.82. The Labute approximate surface area is 302 Å². The molecule has 5 rings (SSSR count). The number of likely N-dealkylation sites (N-methyl/N-ethyl adjacent to an activating group) is 1. The second kappa shape index (κ2) is 15.1. The number of aromatic nitrogens is 4. The number of ether oxygens (including phenoxy) is 3. The number of carbonyl (C=O) groups is 1. The molecule has 2 aliphatic rings. The number of allylic oxidation sites excluding steroid dienone is 1. The van der Waals surface area contributed by atoms with Crippen molar-refractivity contribution >= 4 is 6.09 Å². The van der Waals surface area contributed by atoms with Crippen molar-refractivity contribution in [2.75, 3.05) is 20.1 Å². The van der Waals surface area contributed by atoms with Gasteiger partial charge in [-0.3, -0.25) is 4.90 Å². The third kappa shape index (κ3) is 9.04. The van der Waals surface area contributed by atoms with E-state index < -0.39 is 47.1 Å². The van der Waals surface area contributed by atoms with Crippen molar-refractivity contribution in [1.82, 2.24) is 29.9 Å². The zero-order chi connectivity index (χ0) is 38.0. The number of halogens is 3. The van der Waals surface area contributed by atoms with Crippen LogP contribution in [0.5, 0.6) is 11.8 Å². The van der Waals surface area contributed by atoms with Crippen molar-refractivity contribution in [3.63, 3.8) is 0 Å². The van der Waals surface area contributed by atoms with Gasteiger partial charge in [-0.1, -0.05) is 35.7 Å². The van der Waals surface area contributed by atoms with E-state index in [0.717, 1.165) is 5.56 Å². The van der Waals surface area contributed by atoms with E-state index in [9.17, 15) is 13.6 Å². The van der Waals surface area contributed by atoms with E-state index in [1.165, 1.54) is 18.2 Å². The van der Waals surface area contributed by atoms with Gasteiger partial charge in [0.1, 0.15) is 23.6 Å². The molecule has 0 unspecified atom stereocenters. The topological polar surface area (TPSA) is 116 Å². The first-order chi connectivity index (χ1) is 24.4. The summed E-state index contributed by atoms with van der Waals surface area (Å²) in [5.41, 5.74) is -0.556. The Morgan fingerprint density at radius 3 is 2.56 bits per heavy atom. The first-order valence-electron chi connectivity index (χ1n) is 17.4. The summed E-state index contributed by atoms with van der Waals surface area (Å²) < 4.78 is 67.5. The predicted molar refractivity (Wildman–Crippen MR) is 188 cm³/mol. The monoisotopic (exact) mass is 724 g/mol. The molecule has 1 amide bonds. The minimum Gasteiger partial charge on any atom is -0.474 e. The standard InChI is InChI=1S/C38H47F3N6O5/c1-10-11-12-15-25-19-26(17-18-47(25)35(48)51-36(4,5)6)50-30-20-29(49-24(3)28-21-38(40,41)22-46(28)9)42-32(43-30)33-44-34(52-45-33)37(7,8)31-23(2)14-13-16-27(31)39/h10,13-14,16,20,24-26,28H,1,15,17-19,21-22H2,2-9H3/t24-,25+,26-,28-/m0/s1. The SMILES string of the molecule is C=CC#CC[C@@H]1C[C@@H](Oc2cc(O[C@@H](C)[C@@H]3CC(F)(F)CN3C)nc(-c3noc(C(C)(C)c4c(C)cccc4F)n3)n2)CCN1C(=O)OC(C)(C)C. The van der Waals surface area contributed by atoms with Crippen LogP contribution < -0.4 is 9.47 Å². The summed E-state index contributed by atoms with van der Waals surface area (Å²) >= 11 is 0. The molecule has 2 aliphatic heterocycles. The van der Waals surface area contributed by atoms with Crippen molar-refractivity contribution in [3.8, 4) is 35.2 Å². The molecule has 11 nitrogen and oxygen atoms in total. The van der Waals surface area contributed by atoms with Crippen molar-refractivity contribution in [3.05, 3.63) is 59.8 Å². The van der Waals surface area contributed by atoms with Gasteiger partial charge in [-0.25, -0.2) is 18.0 Å². The summed E-state index contributed by atoms with van der Waals surface area (Å²) in [6, 6.07) is 5.41. The highest BCUT2D eigenvalue weighted by atomic mass is 19.3. The highest BCUT2D eigenvalue weighted by molar-refractivity contribution is 5.68. The molecular formula is C38H47F3N6O5. The minimum absolute atomic E-state index is 0.000419. The molecule has 280 valence electrons. The summed E-state index contributed by atoms with van der Waals surface area (Å²) in [5.74, 6) is 2.96. The van der Waals surface area contributed by atoms with Crippen molar-refractivity contribution in [2.24, 2.45) is 0 Å². The molecule has 52 heavy (non-hydrogen) atoms. The molecule has 0 radical (unpaired) electrons. The molecule has 0 aliphatic carbocycles. The Kier molecular flexibility index (Phi) is 11.2. The lowest BCUT2D eigenvalue weighted by Crippen LogP contribution is -2.50. The van der Waals surface area contributed by atoms with E-state index >= 15 is 4.39 Å². The summed E-state index contributed by atoms with van der Waals surface area (Å²) in [6.07, 6.45) is 0.864. The molecule has 2 fully saturated rings. The van der Waals surface area contributed by atoms with Gasteiger partial charge in [0.15, 0.2) is 0 Å². The molecular weight excluding hydrogens is 677 g/mol. The summed E-state index contributed by atoms with van der Waals surface area (Å²) in [7, 11) is 1.63. The van der Waals surface area contributed by atoms with Crippen molar-refractivity contribution < 1.29 is 36.7 Å². The molecule has 4 heterocycles. The Morgan fingerprint density at radius 2 is 1.90 bits per heavy atom. The lowest BCUT2D eigenvalue weighted by atomic mass is 9.81. The first-order valence-corrected chi connectivity index (χ1v) is 17.4. The Bertz CT molecular complexity index is 1810. The number of hydrogen-bond donors (Lipinski definition) is 0. The van der Waals surface area contributed by atoms with Crippen LogP contribution in [0.3, 0.4) is 0 Å². The quantitative estimate of drug-likeness (QED) is 0.211. The van der Waals surface area contributed by atoms with Crippen LogP contribution in [0, 0.1) is 24.6 Å². The first kappa shape index (κ1) is 38.6. The van der Waals surface area contributed by atoms with Gasteiger partial charge >= 0.3 is 6.09 Å². The summed E-state index contributed by atoms with van der Waals surface area (Å²) in [4.78, 5) is 30.0. The highest BCUT2D eigenvalue weighted by Crippen LogP contribution is 2.37. The third-order valence-electron chi connectivity index (χ3n) is 9.21. The van der Waals surface area contributed by atoms with Gasteiger partial charge in [0, 0.05) is 43.8 Å². The van der Waals surface area contributed by atoms with Crippen LogP contribution in [0.1, 0.15) is 84.2 Å². The summed E-state index contributed by atoms with van der Waals surface area (Å²) in [6.45, 7) is 16.1. The zero-order valence-electron chi connectivity index (χ0n) is 31.0. The number of rotatable bonds is 9. The number of likely N-dealkylation sites (tertiary alicyclic amines) is 2. The Morgan fingerprint density at radius 1 is 1.17 bits per heavy atom. The van der Waals surface area contributed by atoms with Gasteiger partial charge in [0.25, 0.3) is 5.92 Å². The second-order valence-corrected chi connectivity index (χ2v) is 15.0. The lowest BCUT2D eigenvalue weighted by Gasteiger charge is -2.39. The third-order valence-corrected chi connectivity index (χ3v) is 9.21. The lowest BCUT2D eigenvalue weighted by molar-refractivity contribution is -0.00384. The van der Waals surface area contributed by atoms with Crippen LogP contribution in [0.4, 0.5) is 18.0 Å². The molecule has 4 atom stereocenters. The van der Waals surface area contributed by atoms with Crippen LogP contribution in [-0.4, -0.2) is 92.0 Å². The van der Waals surface area contributed by atoms with Crippen molar-refractivity contribution in [1.29, 1.82) is 0 Å². The van der Waals surface area contributed by atoms with E-state index in [0.29, 0.717) is 31.4 Å². The minimum atomic E-state index is -2.84. The number of benzene rings is 1. The van der Waals surface area contributed by atoms with Gasteiger partial charge in [0.05, 0.1) is 24.1 Å². The Balaban J connectivity index is 1.45. The Hall–Kier alpha value is -4.64. The molecule has 2 saturated heterocycles. The van der Waals surface area contributed by atoms with E-state index in [-0.39, 0.29) is 48.3 Å². The number of aryl methyl sites for hydroxylation is 1. The maximum atomic E-state index is 15.0.